The van der Waals surface area contributed by atoms with E-state index in [2.05, 4.69) is 21.2 Å². The standard InChI is InChI=1S/C13H18BrN3O.ClH/c1-13(2,3)17-7-11(18)8-4-9(6-15)12(16)10(14)5-8;/h4-5,11,17-18H,7,16H2,1-3H3;1H. The summed E-state index contributed by atoms with van der Waals surface area (Å²) in [5.41, 5.74) is 7.11. The molecule has 0 amide bonds. The molecule has 4 N–H and O–H groups in total. The second-order valence-electron chi connectivity index (χ2n) is 5.22. The predicted molar refractivity (Wildman–Crippen MR) is 83.2 cm³/mol. The van der Waals surface area contributed by atoms with Gasteiger partial charge in [0.1, 0.15) is 6.07 Å². The summed E-state index contributed by atoms with van der Waals surface area (Å²) in [6, 6.07) is 5.38. The average Bonchev–Trinajstić information content (AvgIpc) is 2.28. The van der Waals surface area contributed by atoms with Gasteiger partial charge in [-0.3, -0.25) is 0 Å². The molecule has 4 nitrogen and oxygen atoms in total. The number of hydrogen-bond donors (Lipinski definition) is 3. The Balaban J connectivity index is 0.00000324. The lowest BCUT2D eigenvalue weighted by atomic mass is 10.0. The summed E-state index contributed by atoms with van der Waals surface area (Å²) >= 11 is 3.29. The Bertz CT molecular complexity index is 480. The zero-order valence-corrected chi connectivity index (χ0v) is 13.6. The van der Waals surface area contributed by atoms with Gasteiger partial charge in [0.05, 0.1) is 17.4 Å². The van der Waals surface area contributed by atoms with Gasteiger partial charge >= 0.3 is 0 Å². The van der Waals surface area contributed by atoms with Gasteiger partial charge in [-0.25, -0.2) is 0 Å². The van der Waals surface area contributed by atoms with E-state index < -0.39 is 6.10 Å². The molecule has 0 heterocycles. The van der Waals surface area contributed by atoms with Crippen LogP contribution < -0.4 is 11.1 Å². The summed E-state index contributed by atoms with van der Waals surface area (Å²) in [7, 11) is 0. The minimum atomic E-state index is -0.673. The summed E-state index contributed by atoms with van der Waals surface area (Å²) in [4.78, 5) is 0. The third-order valence-corrected chi connectivity index (χ3v) is 3.14. The number of nitrogens with one attached hydrogen (secondary N) is 1. The number of aliphatic hydroxyl groups is 1. The molecule has 0 aliphatic carbocycles. The van der Waals surface area contributed by atoms with Crippen LogP contribution in [0.4, 0.5) is 5.69 Å². The number of rotatable bonds is 3. The molecule has 0 bridgehead atoms. The number of nitrogens with zero attached hydrogens (tertiary/aromatic N) is 1. The highest BCUT2D eigenvalue weighted by Crippen LogP contribution is 2.27. The predicted octanol–water partition coefficient (Wildman–Crippen LogP) is 2.75. The van der Waals surface area contributed by atoms with Gasteiger partial charge < -0.3 is 16.2 Å². The monoisotopic (exact) mass is 347 g/mol. The molecule has 1 aromatic carbocycles. The van der Waals surface area contributed by atoms with Gasteiger partial charge in [0.15, 0.2) is 0 Å². The van der Waals surface area contributed by atoms with Crippen molar-refractivity contribution in [3.05, 3.63) is 27.7 Å². The van der Waals surface area contributed by atoms with E-state index in [4.69, 9.17) is 11.0 Å². The molecular weight excluding hydrogens is 330 g/mol. The normalized spacial score (nSPS) is 12.4. The van der Waals surface area contributed by atoms with Gasteiger partial charge in [-0.2, -0.15) is 5.26 Å². The van der Waals surface area contributed by atoms with Crippen molar-refractivity contribution in [1.29, 1.82) is 5.26 Å². The topological polar surface area (TPSA) is 82.1 Å². The number of hydrogen-bond acceptors (Lipinski definition) is 4. The van der Waals surface area contributed by atoms with Crippen LogP contribution in [0.2, 0.25) is 0 Å². The minimum absolute atomic E-state index is 0. The minimum Gasteiger partial charge on any atom is -0.397 e. The van der Waals surface area contributed by atoms with Crippen LogP contribution in [0.1, 0.15) is 38.0 Å². The number of halogens is 2. The highest BCUT2D eigenvalue weighted by molar-refractivity contribution is 9.10. The molecule has 106 valence electrons. The molecule has 0 spiro atoms. The molecule has 1 aromatic rings. The first-order valence-corrected chi connectivity index (χ1v) is 6.46. The van der Waals surface area contributed by atoms with Crippen molar-refractivity contribution in [2.24, 2.45) is 0 Å². The molecule has 0 aliphatic rings. The van der Waals surface area contributed by atoms with Gasteiger partial charge in [-0.15, -0.1) is 12.4 Å². The summed E-state index contributed by atoms with van der Waals surface area (Å²) < 4.78 is 0.631. The number of anilines is 1. The van der Waals surface area contributed by atoms with Crippen LogP contribution in [0.5, 0.6) is 0 Å². The SMILES string of the molecule is CC(C)(C)NCC(O)c1cc(Br)c(N)c(C#N)c1.Cl. The van der Waals surface area contributed by atoms with E-state index in [-0.39, 0.29) is 17.9 Å². The van der Waals surface area contributed by atoms with Crippen LogP contribution in [0.3, 0.4) is 0 Å². The van der Waals surface area contributed by atoms with Gasteiger partial charge in [0.2, 0.25) is 0 Å². The van der Waals surface area contributed by atoms with Crippen molar-refractivity contribution in [3.8, 4) is 6.07 Å². The fourth-order valence-corrected chi connectivity index (χ4v) is 1.92. The number of β-amino-alcohol motifs (C(OH)–C–C–N with tert-alkyl or cyclic N) is 1. The molecular formula is C13H19BrClN3O. The number of nitrogen functional groups attached to an aromatic ring is 1. The maximum atomic E-state index is 10.1. The zero-order chi connectivity index (χ0) is 13.9. The molecule has 0 aliphatic heterocycles. The van der Waals surface area contributed by atoms with Crippen molar-refractivity contribution < 1.29 is 5.11 Å². The fourth-order valence-electron chi connectivity index (χ4n) is 1.44. The van der Waals surface area contributed by atoms with Gasteiger partial charge in [0, 0.05) is 16.6 Å². The number of benzene rings is 1. The lowest BCUT2D eigenvalue weighted by Gasteiger charge is -2.23. The molecule has 6 heteroatoms. The Kier molecular flexibility index (Phi) is 6.81. The summed E-state index contributed by atoms with van der Waals surface area (Å²) in [5, 5.41) is 22.3. The van der Waals surface area contributed by atoms with Crippen LogP contribution >= 0.6 is 28.3 Å². The van der Waals surface area contributed by atoms with E-state index in [0.717, 1.165) is 0 Å². The lowest BCUT2D eigenvalue weighted by molar-refractivity contribution is 0.163. The average molecular weight is 349 g/mol. The first-order chi connectivity index (χ1) is 8.24. The Morgan fingerprint density at radius 1 is 1.47 bits per heavy atom. The largest absolute Gasteiger partial charge is 0.397 e. The van der Waals surface area contributed by atoms with Crippen LogP contribution in [0.15, 0.2) is 16.6 Å². The molecule has 0 aromatic heterocycles. The first kappa shape index (κ1) is 18.2. The van der Waals surface area contributed by atoms with E-state index >= 15 is 0 Å². The van der Waals surface area contributed by atoms with Crippen molar-refractivity contribution >= 4 is 34.0 Å². The molecule has 0 saturated heterocycles. The summed E-state index contributed by atoms with van der Waals surface area (Å²) in [5.74, 6) is 0. The molecule has 0 saturated carbocycles. The van der Waals surface area contributed by atoms with Crippen LogP contribution in [-0.2, 0) is 0 Å². The van der Waals surface area contributed by atoms with E-state index in [0.29, 0.717) is 27.8 Å². The van der Waals surface area contributed by atoms with Crippen LogP contribution in [-0.4, -0.2) is 17.2 Å². The molecule has 1 atom stereocenters. The van der Waals surface area contributed by atoms with E-state index in [9.17, 15) is 5.11 Å². The fraction of sp³-hybridized carbons (Fsp3) is 0.462. The van der Waals surface area contributed by atoms with Crippen molar-refractivity contribution in [2.75, 3.05) is 12.3 Å². The smallest absolute Gasteiger partial charge is 0.101 e. The molecule has 1 rings (SSSR count). The van der Waals surface area contributed by atoms with Gasteiger partial charge in [-0.1, -0.05) is 0 Å². The number of aliphatic hydroxyl groups excluding tert-OH is 1. The van der Waals surface area contributed by atoms with Crippen LogP contribution in [0.25, 0.3) is 0 Å². The molecule has 0 fully saturated rings. The molecule has 19 heavy (non-hydrogen) atoms. The second kappa shape index (κ2) is 7.11. The van der Waals surface area contributed by atoms with E-state index in [1.165, 1.54) is 0 Å². The number of nitriles is 1. The molecule has 1 unspecified atom stereocenters. The van der Waals surface area contributed by atoms with Gasteiger partial charge in [-0.05, 0) is 54.4 Å². The maximum absolute atomic E-state index is 10.1. The first-order valence-electron chi connectivity index (χ1n) is 5.66. The van der Waals surface area contributed by atoms with Gasteiger partial charge in [0.25, 0.3) is 0 Å². The second-order valence-corrected chi connectivity index (χ2v) is 6.08. The van der Waals surface area contributed by atoms with Crippen molar-refractivity contribution in [1.82, 2.24) is 5.32 Å². The zero-order valence-electron chi connectivity index (χ0n) is 11.2. The Morgan fingerprint density at radius 2 is 2.05 bits per heavy atom. The highest BCUT2D eigenvalue weighted by Gasteiger charge is 2.16. The Morgan fingerprint density at radius 3 is 2.53 bits per heavy atom. The third kappa shape index (κ3) is 5.37. The third-order valence-electron chi connectivity index (χ3n) is 2.48. The quantitative estimate of drug-likeness (QED) is 0.734. The maximum Gasteiger partial charge on any atom is 0.101 e. The lowest BCUT2D eigenvalue weighted by Crippen LogP contribution is -2.38. The Labute approximate surface area is 128 Å². The molecule has 0 radical (unpaired) electrons. The van der Waals surface area contributed by atoms with Crippen LogP contribution in [0, 0.1) is 11.3 Å². The number of nitrogens with two attached hydrogens (primary N) is 1. The van der Waals surface area contributed by atoms with E-state index in [1.807, 2.05) is 26.8 Å². The summed E-state index contributed by atoms with van der Waals surface area (Å²) in [6.07, 6.45) is -0.673. The summed E-state index contributed by atoms with van der Waals surface area (Å²) in [6.45, 7) is 6.50. The van der Waals surface area contributed by atoms with Crippen molar-refractivity contribution in [3.63, 3.8) is 0 Å². The Hall–Kier alpha value is -0.800. The van der Waals surface area contributed by atoms with Crippen molar-refractivity contribution in [2.45, 2.75) is 32.4 Å². The highest BCUT2D eigenvalue weighted by atomic mass is 79.9. The van der Waals surface area contributed by atoms with E-state index in [1.54, 1.807) is 12.1 Å².